The van der Waals surface area contributed by atoms with E-state index in [2.05, 4.69) is 31.9 Å². The van der Waals surface area contributed by atoms with Crippen LogP contribution in [0.3, 0.4) is 0 Å². The Bertz CT molecular complexity index is 371. The van der Waals surface area contributed by atoms with Gasteiger partial charge in [-0.05, 0) is 56.0 Å². The summed E-state index contributed by atoms with van der Waals surface area (Å²) in [4.78, 5) is 0. The lowest BCUT2D eigenvalue weighted by Crippen LogP contribution is -2.15. The van der Waals surface area contributed by atoms with E-state index in [1.54, 1.807) is 18.2 Å². The Morgan fingerprint density at radius 2 is 1.76 bits per heavy atom. The molecule has 0 heterocycles. The molecule has 0 spiro atoms. The summed E-state index contributed by atoms with van der Waals surface area (Å²) in [6.07, 6.45) is -5.11. The third-order valence-electron chi connectivity index (χ3n) is 2.11. The van der Waals surface area contributed by atoms with E-state index < -0.39 is 18.6 Å². The lowest BCUT2D eigenvalue weighted by molar-refractivity contribution is -0.136. The molecule has 1 nitrogen and oxygen atoms in total. The molecule has 0 aromatic heterocycles. The van der Waals surface area contributed by atoms with Gasteiger partial charge in [-0.3, -0.25) is 0 Å². The van der Waals surface area contributed by atoms with Crippen molar-refractivity contribution in [3.05, 3.63) is 32.7 Å². The molecule has 0 amide bonds. The zero-order valence-electron chi connectivity index (χ0n) is 8.60. The van der Waals surface area contributed by atoms with Crippen LogP contribution in [0.15, 0.2) is 27.1 Å². The van der Waals surface area contributed by atoms with Crippen LogP contribution in [0.2, 0.25) is 0 Å². The number of nitrogens with two attached hydrogens (primary N) is 1. The number of alkyl halides is 3. The second-order valence-corrected chi connectivity index (χ2v) is 5.14. The Kier molecular flexibility index (Phi) is 7.06. The zero-order chi connectivity index (χ0) is 12.3. The van der Waals surface area contributed by atoms with Crippen molar-refractivity contribution in [1.29, 1.82) is 0 Å². The molecule has 2 N–H and O–H groups in total. The number of rotatable bonds is 3. The Morgan fingerprint density at radius 3 is 2.24 bits per heavy atom. The first kappa shape index (κ1) is 17.2. The smallest absolute Gasteiger partial charge is 0.324 e. The maximum absolute atomic E-state index is 12.0. The monoisotopic (exact) mass is 395 g/mol. The summed E-state index contributed by atoms with van der Waals surface area (Å²) < 4.78 is 37.6. The van der Waals surface area contributed by atoms with Gasteiger partial charge in [-0.15, -0.1) is 12.4 Å². The summed E-state index contributed by atoms with van der Waals surface area (Å²) in [6, 6.07) is 4.61. The van der Waals surface area contributed by atoms with Crippen LogP contribution in [0.5, 0.6) is 0 Å². The minimum absolute atomic E-state index is 0. The summed E-state index contributed by atoms with van der Waals surface area (Å²) >= 11 is 6.56. The van der Waals surface area contributed by atoms with Crippen molar-refractivity contribution in [2.24, 2.45) is 5.73 Å². The molecule has 0 fully saturated rings. The van der Waals surface area contributed by atoms with E-state index in [-0.39, 0.29) is 18.8 Å². The SMILES string of the molecule is Cl.N[C@H](CCC(F)(F)F)c1ccc(Br)c(Br)c1. The fourth-order valence-electron chi connectivity index (χ4n) is 1.23. The van der Waals surface area contributed by atoms with Crippen molar-refractivity contribution in [1.82, 2.24) is 0 Å². The first-order valence-electron chi connectivity index (χ1n) is 4.57. The van der Waals surface area contributed by atoms with Gasteiger partial charge in [-0.25, -0.2) is 0 Å². The molecule has 1 aromatic carbocycles. The van der Waals surface area contributed by atoms with Crippen LogP contribution in [0, 0.1) is 0 Å². The summed E-state index contributed by atoms with van der Waals surface area (Å²) in [6.45, 7) is 0. The molecule has 0 aliphatic carbocycles. The van der Waals surface area contributed by atoms with Gasteiger partial charge in [0.1, 0.15) is 0 Å². The zero-order valence-corrected chi connectivity index (χ0v) is 12.6. The van der Waals surface area contributed by atoms with Gasteiger partial charge in [0.25, 0.3) is 0 Å². The summed E-state index contributed by atoms with van der Waals surface area (Å²) in [5, 5.41) is 0. The van der Waals surface area contributed by atoms with Crippen LogP contribution in [0.1, 0.15) is 24.4 Å². The fraction of sp³-hybridized carbons (Fsp3) is 0.400. The Morgan fingerprint density at radius 1 is 1.18 bits per heavy atom. The molecular weight excluding hydrogens is 386 g/mol. The quantitative estimate of drug-likeness (QED) is 0.765. The molecular formula is C10H11Br2ClF3N. The van der Waals surface area contributed by atoms with Gasteiger partial charge in [0.2, 0.25) is 0 Å². The topological polar surface area (TPSA) is 26.0 Å². The van der Waals surface area contributed by atoms with E-state index in [9.17, 15) is 13.2 Å². The molecule has 1 aromatic rings. The largest absolute Gasteiger partial charge is 0.389 e. The molecule has 7 heteroatoms. The van der Waals surface area contributed by atoms with Gasteiger partial charge in [-0.1, -0.05) is 6.07 Å². The number of halogens is 6. The number of hydrogen-bond acceptors (Lipinski definition) is 1. The maximum atomic E-state index is 12.0. The van der Waals surface area contributed by atoms with Crippen molar-refractivity contribution >= 4 is 44.3 Å². The van der Waals surface area contributed by atoms with Crippen LogP contribution in [0.25, 0.3) is 0 Å². The van der Waals surface area contributed by atoms with Crippen molar-refractivity contribution < 1.29 is 13.2 Å². The van der Waals surface area contributed by atoms with Crippen molar-refractivity contribution in [2.75, 3.05) is 0 Å². The molecule has 0 unspecified atom stereocenters. The molecule has 0 aliphatic heterocycles. The predicted octanol–water partition coefficient (Wildman–Crippen LogP) is 4.98. The van der Waals surface area contributed by atoms with E-state index in [1.165, 1.54) is 0 Å². The van der Waals surface area contributed by atoms with E-state index in [1.807, 2.05) is 0 Å². The number of benzene rings is 1. The molecule has 0 bridgehead atoms. The second-order valence-electron chi connectivity index (χ2n) is 3.43. The molecule has 1 rings (SSSR count). The molecule has 0 aliphatic rings. The van der Waals surface area contributed by atoms with E-state index in [4.69, 9.17) is 5.73 Å². The highest BCUT2D eigenvalue weighted by Crippen LogP contribution is 2.29. The first-order chi connectivity index (χ1) is 7.29. The third kappa shape index (κ3) is 6.08. The van der Waals surface area contributed by atoms with Crippen LogP contribution >= 0.6 is 44.3 Å². The lowest BCUT2D eigenvalue weighted by Gasteiger charge is -2.14. The fourth-order valence-corrected chi connectivity index (χ4v) is 1.87. The highest BCUT2D eigenvalue weighted by molar-refractivity contribution is 9.13. The van der Waals surface area contributed by atoms with Crippen LogP contribution in [-0.4, -0.2) is 6.18 Å². The highest BCUT2D eigenvalue weighted by Gasteiger charge is 2.27. The standard InChI is InChI=1S/C10H10Br2F3N.ClH/c11-7-2-1-6(5-8(7)12)9(16)3-4-10(13,14)15;/h1-2,5,9H,3-4,16H2;1H/t9-;/m1./s1. The third-order valence-corrected chi connectivity index (χ3v) is 3.99. The summed E-state index contributed by atoms with van der Waals surface area (Å²) in [7, 11) is 0. The van der Waals surface area contributed by atoms with E-state index in [0.717, 1.165) is 8.95 Å². The molecule has 1 atom stereocenters. The average Bonchev–Trinajstić information content (AvgIpc) is 2.17. The molecule has 0 saturated carbocycles. The minimum atomic E-state index is -4.15. The van der Waals surface area contributed by atoms with Gasteiger partial charge < -0.3 is 5.73 Å². The molecule has 17 heavy (non-hydrogen) atoms. The average molecular weight is 397 g/mol. The van der Waals surface area contributed by atoms with Crippen LogP contribution in [0.4, 0.5) is 13.2 Å². The predicted molar refractivity (Wildman–Crippen MR) is 71.3 cm³/mol. The Labute approximate surface area is 121 Å². The number of hydrogen-bond donors (Lipinski definition) is 1. The van der Waals surface area contributed by atoms with Gasteiger partial charge in [0.05, 0.1) is 0 Å². The van der Waals surface area contributed by atoms with Crippen LogP contribution in [-0.2, 0) is 0 Å². The van der Waals surface area contributed by atoms with E-state index in [0.29, 0.717) is 5.56 Å². The van der Waals surface area contributed by atoms with Gasteiger partial charge >= 0.3 is 6.18 Å². The first-order valence-corrected chi connectivity index (χ1v) is 6.15. The summed E-state index contributed by atoms with van der Waals surface area (Å²) in [5.41, 5.74) is 6.38. The van der Waals surface area contributed by atoms with Crippen molar-refractivity contribution in [2.45, 2.75) is 25.1 Å². The van der Waals surface area contributed by atoms with Crippen molar-refractivity contribution in [3.63, 3.8) is 0 Å². The van der Waals surface area contributed by atoms with Gasteiger partial charge in [0.15, 0.2) is 0 Å². The molecule has 0 saturated heterocycles. The molecule has 98 valence electrons. The minimum Gasteiger partial charge on any atom is -0.324 e. The second kappa shape index (κ2) is 6.97. The maximum Gasteiger partial charge on any atom is 0.389 e. The normalized spacial score (nSPS) is 13.1. The highest BCUT2D eigenvalue weighted by atomic mass is 79.9. The van der Waals surface area contributed by atoms with Crippen molar-refractivity contribution in [3.8, 4) is 0 Å². The van der Waals surface area contributed by atoms with Gasteiger partial charge in [-0.2, -0.15) is 13.2 Å². The lowest BCUT2D eigenvalue weighted by atomic mass is 10.0. The Hall–Kier alpha value is 0.220. The van der Waals surface area contributed by atoms with Crippen LogP contribution < -0.4 is 5.73 Å². The van der Waals surface area contributed by atoms with Gasteiger partial charge in [0, 0.05) is 21.4 Å². The Balaban J connectivity index is 0.00000256. The summed E-state index contributed by atoms with van der Waals surface area (Å²) in [5.74, 6) is 0. The van der Waals surface area contributed by atoms with E-state index >= 15 is 0 Å². The molecule has 0 radical (unpaired) electrons.